The molecule has 0 bridgehead atoms. The van der Waals surface area contributed by atoms with Crippen LogP contribution in [-0.2, 0) is 0 Å². The van der Waals surface area contributed by atoms with Gasteiger partial charge in [0.25, 0.3) is 5.91 Å². The molecule has 0 aliphatic rings. The van der Waals surface area contributed by atoms with E-state index in [1.54, 1.807) is 18.3 Å². The molecule has 2 aromatic heterocycles. The first-order valence-electron chi connectivity index (χ1n) is 5.42. The second-order valence-corrected chi connectivity index (χ2v) is 4.82. The molecule has 0 unspecified atom stereocenters. The summed E-state index contributed by atoms with van der Waals surface area (Å²) in [6.07, 6.45) is 3.24. The number of amides is 1. The molecule has 18 heavy (non-hydrogen) atoms. The third-order valence-corrected chi connectivity index (χ3v) is 3.24. The van der Waals surface area contributed by atoms with Crippen LogP contribution in [0.2, 0.25) is 0 Å². The Bertz CT molecular complexity index is 599. The van der Waals surface area contributed by atoms with Crippen LogP contribution in [0.15, 0.2) is 35.1 Å². The average Bonchev–Trinajstić information content (AvgIpc) is 2.34. The second kappa shape index (κ2) is 5.27. The van der Waals surface area contributed by atoms with Crippen LogP contribution >= 0.6 is 15.9 Å². The van der Waals surface area contributed by atoms with Crippen LogP contribution in [0.5, 0.6) is 0 Å². The van der Waals surface area contributed by atoms with Gasteiger partial charge < -0.3 is 5.32 Å². The minimum Gasteiger partial charge on any atom is -0.307 e. The van der Waals surface area contributed by atoms with Crippen LogP contribution in [0, 0.1) is 13.8 Å². The normalized spacial score (nSPS) is 10.2. The summed E-state index contributed by atoms with van der Waals surface area (Å²) < 4.78 is 0.915. The smallest absolute Gasteiger partial charge is 0.258 e. The maximum absolute atomic E-state index is 12.0. The van der Waals surface area contributed by atoms with Crippen molar-refractivity contribution in [2.45, 2.75) is 13.8 Å². The number of aryl methyl sites for hydroxylation is 2. The largest absolute Gasteiger partial charge is 0.307 e. The zero-order valence-corrected chi connectivity index (χ0v) is 11.7. The topological polar surface area (TPSA) is 54.9 Å². The van der Waals surface area contributed by atoms with E-state index in [2.05, 4.69) is 31.2 Å². The Hall–Kier alpha value is -1.75. The lowest BCUT2D eigenvalue weighted by Crippen LogP contribution is -2.13. The van der Waals surface area contributed by atoms with Crippen LogP contribution in [-0.4, -0.2) is 15.9 Å². The van der Waals surface area contributed by atoms with Gasteiger partial charge in [-0.3, -0.25) is 9.78 Å². The average molecular weight is 306 g/mol. The van der Waals surface area contributed by atoms with E-state index in [0.29, 0.717) is 11.4 Å². The fourth-order valence-electron chi connectivity index (χ4n) is 1.48. The highest BCUT2D eigenvalue weighted by Gasteiger charge is 2.08. The standard InChI is InChI=1S/C13H12BrN3O/c1-8-5-10(7-15-6-8)13(18)17-12-4-3-11(14)9(2)16-12/h3-7H,1-2H3,(H,16,17,18). The minimum atomic E-state index is -0.208. The molecule has 0 atom stereocenters. The molecule has 5 heteroatoms. The second-order valence-electron chi connectivity index (χ2n) is 3.97. The lowest BCUT2D eigenvalue weighted by molar-refractivity contribution is 0.102. The van der Waals surface area contributed by atoms with Crippen molar-refractivity contribution < 1.29 is 4.79 Å². The molecule has 0 spiro atoms. The van der Waals surface area contributed by atoms with Crippen molar-refractivity contribution in [2.75, 3.05) is 5.32 Å². The molecule has 0 aromatic carbocycles. The Kier molecular flexibility index (Phi) is 3.72. The van der Waals surface area contributed by atoms with E-state index in [0.717, 1.165) is 15.7 Å². The van der Waals surface area contributed by atoms with E-state index >= 15 is 0 Å². The number of rotatable bonds is 2. The van der Waals surface area contributed by atoms with Gasteiger partial charge in [-0.15, -0.1) is 0 Å². The van der Waals surface area contributed by atoms with Gasteiger partial charge in [0.05, 0.1) is 11.3 Å². The van der Waals surface area contributed by atoms with Gasteiger partial charge in [-0.1, -0.05) is 0 Å². The Labute approximate surface area is 114 Å². The monoisotopic (exact) mass is 305 g/mol. The van der Waals surface area contributed by atoms with Gasteiger partial charge in [0.1, 0.15) is 5.82 Å². The van der Waals surface area contributed by atoms with Gasteiger partial charge in [-0.25, -0.2) is 4.98 Å². The summed E-state index contributed by atoms with van der Waals surface area (Å²) in [7, 11) is 0. The van der Waals surface area contributed by atoms with E-state index in [9.17, 15) is 4.79 Å². The predicted octanol–water partition coefficient (Wildman–Crippen LogP) is 3.11. The fraction of sp³-hybridized carbons (Fsp3) is 0.154. The van der Waals surface area contributed by atoms with Gasteiger partial charge in [0.15, 0.2) is 0 Å². The van der Waals surface area contributed by atoms with Crippen molar-refractivity contribution in [2.24, 2.45) is 0 Å². The summed E-state index contributed by atoms with van der Waals surface area (Å²) in [4.78, 5) is 20.2. The summed E-state index contributed by atoms with van der Waals surface area (Å²) in [5.41, 5.74) is 2.30. The Morgan fingerprint density at radius 2 is 2.06 bits per heavy atom. The highest BCUT2D eigenvalue weighted by atomic mass is 79.9. The Morgan fingerprint density at radius 1 is 1.28 bits per heavy atom. The van der Waals surface area contributed by atoms with Gasteiger partial charge in [0, 0.05) is 16.9 Å². The van der Waals surface area contributed by atoms with E-state index in [1.165, 1.54) is 6.20 Å². The molecular formula is C13H12BrN3O. The van der Waals surface area contributed by atoms with Crippen molar-refractivity contribution in [1.82, 2.24) is 9.97 Å². The number of hydrogen-bond acceptors (Lipinski definition) is 3. The number of carbonyl (C=O) groups is 1. The summed E-state index contributed by atoms with van der Waals surface area (Å²) in [5.74, 6) is 0.322. The van der Waals surface area contributed by atoms with Crippen molar-refractivity contribution in [3.63, 3.8) is 0 Å². The van der Waals surface area contributed by atoms with E-state index in [4.69, 9.17) is 0 Å². The van der Waals surface area contributed by atoms with Crippen molar-refractivity contribution in [3.05, 3.63) is 51.9 Å². The number of pyridine rings is 2. The number of nitrogens with one attached hydrogen (secondary N) is 1. The zero-order chi connectivity index (χ0) is 13.1. The summed E-state index contributed by atoms with van der Waals surface area (Å²) in [6, 6.07) is 5.39. The SMILES string of the molecule is Cc1cncc(C(=O)Nc2ccc(Br)c(C)n2)c1. The van der Waals surface area contributed by atoms with Crippen LogP contribution < -0.4 is 5.32 Å². The summed E-state index contributed by atoms with van der Waals surface area (Å²) in [5, 5.41) is 2.74. The number of halogens is 1. The lowest BCUT2D eigenvalue weighted by Gasteiger charge is -2.06. The molecule has 0 saturated heterocycles. The summed E-state index contributed by atoms with van der Waals surface area (Å²) in [6.45, 7) is 3.76. The van der Waals surface area contributed by atoms with Gasteiger partial charge in [0.2, 0.25) is 0 Å². The first-order chi connectivity index (χ1) is 8.56. The molecule has 2 aromatic rings. The molecule has 0 saturated carbocycles. The number of anilines is 1. The number of hydrogen-bond donors (Lipinski definition) is 1. The molecule has 1 amide bonds. The fourth-order valence-corrected chi connectivity index (χ4v) is 1.70. The number of carbonyl (C=O) groups excluding carboxylic acids is 1. The predicted molar refractivity (Wildman–Crippen MR) is 73.6 cm³/mol. The van der Waals surface area contributed by atoms with Crippen LogP contribution in [0.25, 0.3) is 0 Å². The molecule has 0 fully saturated rings. The van der Waals surface area contributed by atoms with Gasteiger partial charge in [-0.05, 0) is 53.5 Å². The van der Waals surface area contributed by atoms with Crippen LogP contribution in [0.3, 0.4) is 0 Å². The quantitative estimate of drug-likeness (QED) is 0.927. The third kappa shape index (κ3) is 2.92. The molecule has 0 radical (unpaired) electrons. The molecule has 92 valence electrons. The Morgan fingerprint density at radius 3 is 2.72 bits per heavy atom. The first kappa shape index (κ1) is 12.7. The van der Waals surface area contributed by atoms with E-state index in [1.807, 2.05) is 19.9 Å². The highest BCUT2D eigenvalue weighted by molar-refractivity contribution is 9.10. The third-order valence-electron chi connectivity index (χ3n) is 2.40. The summed E-state index contributed by atoms with van der Waals surface area (Å²) >= 11 is 3.36. The highest BCUT2D eigenvalue weighted by Crippen LogP contribution is 2.16. The molecule has 2 heterocycles. The van der Waals surface area contributed by atoms with Gasteiger partial charge in [-0.2, -0.15) is 0 Å². The van der Waals surface area contributed by atoms with E-state index < -0.39 is 0 Å². The lowest BCUT2D eigenvalue weighted by atomic mass is 10.2. The van der Waals surface area contributed by atoms with Crippen LogP contribution in [0.4, 0.5) is 5.82 Å². The minimum absolute atomic E-state index is 0.208. The molecular weight excluding hydrogens is 294 g/mol. The molecule has 0 aliphatic heterocycles. The van der Waals surface area contributed by atoms with Crippen molar-refractivity contribution in [1.29, 1.82) is 0 Å². The zero-order valence-electron chi connectivity index (χ0n) is 10.1. The molecule has 4 nitrogen and oxygen atoms in total. The van der Waals surface area contributed by atoms with Crippen LogP contribution in [0.1, 0.15) is 21.6 Å². The number of aromatic nitrogens is 2. The maximum atomic E-state index is 12.0. The maximum Gasteiger partial charge on any atom is 0.258 e. The molecule has 1 N–H and O–H groups in total. The molecule has 0 aliphatic carbocycles. The van der Waals surface area contributed by atoms with Gasteiger partial charge >= 0.3 is 0 Å². The number of nitrogens with zero attached hydrogens (tertiary/aromatic N) is 2. The van der Waals surface area contributed by atoms with Crippen molar-refractivity contribution in [3.8, 4) is 0 Å². The Balaban J connectivity index is 2.18. The first-order valence-corrected chi connectivity index (χ1v) is 6.22. The van der Waals surface area contributed by atoms with Crippen molar-refractivity contribution >= 4 is 27.7 Å². The molecule has 2 rings (SSSR count). The van der Waals surface area contributed by atoms with E-state index in [-0.39, 0.29) is 5.91 Å².